The van der Waals surface area contributed by atoms with Gasteiger partial charge in [-0.05, 0) is 56.7 Å². The van der Waals surface area contributed by atoms with E-state index in [0.717, 1.165) is 0 Å². The van der Waals surface area contributed by atoms with E-state index in [1.807, 2.05) is 0 Å². The van der Waals surface area contributed by atoms with Gasteiger partial charge >= 0.3 is 0 Å². The van der Waals surface area contributed by atoms with Crippen LogP contribution in [0.5, 0.6) is 0 Å². The van der Waals surface area contributed by atoms with Crippen LogP contribution in [0, 0.1) is 0 Å². The van der Waals surface area contributed by atoms with E-state index in [2.05, 4.69) is 114 Å². The summed E-state index contributed by atoms with van der Waals surface area (Å²) in [5.74, 6) is 0. The van der Waals surface area contributed by atoms with Gasteiger partial charge in [-0.2, -0.15) is 10.0 Å². The number of rotatable bonds is 6. The highest BCUT2D eigenvalue weighted by atomic mass is 32.3. The molecule has 0 heterocycles. The Morgan fingerprint density at radius 2 is 1.00 bits per heavy atom. The van der Waals surface area contributed by atoms with Crippen molar-refractivity contribution in [2.24, 2.45) is 0 Å². The molecule has 0 spiro atoms. The Balaban J connectivity index is 2.75. The lowest BCUT2D eigenvalue weighted by molar-refractivity contribution is 0.982. The third kappa shape index (κ3) is 3.67. The lowest BCUT2D eigenvalue weighted by atomic mass is 10.3. The molecule has 2 nitrogen and oxygen atoms in total. The molecule has 0 saturated heterocycles. The molecule has 3 heteroatoms. The average Bonchev–Trinajstić information content (AvgIpc) is 2.55. The third-order valence-corrected chi connectivity index (χ3v) is 9.98. The monoisotopic (exact) mass is 358 g/mol. The third-order valence-electron chi connectivity index (χ3n) is 4.94. The number of anilines is 2. The van der Waals surface area contributed by atoms with Crippen LogP contribution < -0.4 is 9.80 Å². The first-order valence-corrected chi connectivity index (χ1v) is 10.8. The quantitative estimate of drug-likeness (QED) is 0.638. The van der Waals surface area contributed by atoms with Crippen molar-refractivity contribution in [2.75, 3.05) is 38.0 Å². The summed E-state index contributed by atoms with van der Waals surface area (Å²) >= 11 is 0. The second-order valence-electron chi connectivity index (χ2n) is 7.59. The molecule has 2 rings (SSSR count). The summed E-state index contributed by atoms with van der Waals surface area (Å²) < 4.78 is 0. The highest BCUT2D eigenvalue weighted by Gasteiger charge is 2.35. The van der Waals surface area contributed by atoms with Gasteiger partial charge in [0, 0.05) is 39.6 Å². The molecular formula is C22H34N2S. The fourth-order valence-electron chi connectivity index (χ4n) is 3.71. The van der Waals surface area contributed by atoms with Crippen molar-refractivity contribution in [3.05, 3.63) is 48.5 Å². The topological polar surface area (TPSA) is 6.48 Å². The summed E-state index contributed by atoms with van der Waals surface area (Å²) in [4.78, 5) is 7.37. The van der Waals surface area contributed by atoms with Crippen molar-refractivity contribution in [3.63, 3.8) is 0 Å². The first kappa shape index (κ1) is 19.7. The van der Waals surface area contributed by atoms with E-state index in [4.69, 9.17) is 0 Å². The molecule has 25 heavy (non-hydrogen) atoms. The molecule has 0 unspecified atom stereocenters. The van der Waals surface area contributed by atoms with E-state index in [-0.39, 0.29) is 0 Å². The van der Waals surface area contributed by atoms with Crippen molar-refractivity contribution in [2.45, 2.75) is 48.0 Å². The maximum Gasteiger partial charge on any atom is 0.0371 e. The highest BCUT2D eigenvalue weighted by Crippen LogP contribution is 2.69. The van der Waals surface area contributed by atoms with Crippen molar-refractivity contribution >= 4 is 21.4 Å². The number of nitrogens with zero attached hydrogens (tertiary/aromatic N) is 2. The standard InChI is InChI=1S/C22H34N2S/c1-17(2)25(18(3)4,21-13-9-11-19(15-21)23(5)6)22-14-10-12-20(16-22)24(7)8/h9-18H,1-8H3. The maximum absolute atomic E-state index is 2.40. The zero-order valence-corrected chi connectivity index (χ0v) is 17.9. The molecule has 0 bridgehead atoms. The normalized spacial score (nSPS) is 12.6. The van der Waals surface area contributed by atoms with E-state index >= 15 is 0 Å². The molecule has 0 aromatic heterocycles. The summed E-state index contributed by atoms with van der Waals surface area (Å²) in [6.07, 6.45) is 0. The molecule has 0 atom stereocenters. The van der Waals surface area contributed by atoms with E-state index < -0.39 is 10.0 Å². The second-order valence-corrected chi connectivity index (χ2v) is 11.8. The van der Waals surface area contributed by atoms with Gasteiger partial charge in [0.1, 0.15) is 0 Å². The van der Waals surface area contributed by atoms with Gasteiger partial charge in [-0.1, -0.05) is 39.8 Å². The molecule has 0 aliphatic carbocycles. The summed E-state index contributed by atoms with van der Waals surface area (Å²) in [5.41, 5.74) is 2.55. The smallest absolute Gasteiger partial charge is 0.0371 e. The minimum atomic E-state index is -1.15. The summed E-state index contributed by atoms with van der Waals surface area (Å²) in [7, 11) is 7.32. The fourth-order valence-corrected chi connectivity index (χ4v) is 8.49. The molecule has 0 radical (unpaired) electrons. The minimum absolute atomic E-state index is 0.572. The van der Waals surface area contributed by atoms with Crippen LogP contribution in [0.2, 0.25) is 0 Å². The number of hydrogen-bond acceptors (Lipinski definition) is 2. The molecular weight excluding hydrogens is 324 g/mol. The van der Waals surface area contributed by atoms with Crippen LogP contribution in [-0.2, 0) is 0 Å². The number of hydrogen-bond donors (Lipinski definition) is 0. The Morgan fingerprint density at radius 3 is 1.28 bits per heavy atom. The van der Waals surface area contributed by atoms with E-state index in [0.29, 0.717) is 10.5 Å². The Kier molecular flexibility index (Phi) is 6.10. The number of benzene rings is 2. The predicted molar refractivity (Wildman–Crippen MR) is 116 cm³/mol. The van der Waals surface area contributed by atoms with Crippen LogP contribution in [0.25, 0.3) is 0 Å². The van der Waals surface area contributed by atoms with Gasteiger partial charge in [0.25, 0.3) is 0 Å². The van der Waals surface area contributed by atoms with Gasteiger partial charge in [0.15, 0.2) is 0 Å². The van der Waals surface area contributed by atoms with Crippen molar-refractivity contribution < 1.29 is 0 Å². The Labute approximate surface area is 156 Å². The Bertz CT molecular complexity index is 643. The van der Waals surface area contributed by atoms with Crippen molar-refractivity contribution in [1.29, 1.82) is 0 Å². The lowest BCUT2D eigenvalue weighted by Gasteiger charge is -2.49. The molecule has 0 fully saturated rings. The van der Waals surface area contributed by atoms with Gasteiger partial charge < -0.3 is 9.80 Å². The minimum Gasteiger partial charge on any atom is -0.378 e. The first-order chi connectivity index (χ1) is 11.7. The zero-order valence-electron chi connectivity index (χ0n) is 17.1. The second kappa shape index (κ2) is 7.74. The molecule has 0 aliphatic rings. The zero-order chi connectivity index (χ0) is 18.8. The van der Waals surface area contributed by atoms with E-state index in [1.165, 1.54) is 21.2 Å². The SMILES string of the molecule is CC(C)S(c1cccc(N(C)C)c1)(c1cccc(N(C)C)c1)C(C)C. The first-order valence-electron chi connectivity index (χ1n) is 9.07. The molecule has 0 amide bonds. The van der Waals surface area contributed by atoms with E-state index in [9.17, 15) is 0 Å². The van der Waals surface area contributed by atoms with Crippen LogP contribution in [0.15, 0.2) is 58.3 Å². The van der Waals surface area contributed by atoms with Crippen LogP contribution >= 0.6 is 10.0 Å². The average molecular weight is 359 g/mol. The van der Waals surface area contributed by atoms with Crippen molar-refractivity contribution in [3.8, 4) is 0 Å². The molecule has 138 valence electrons. The molecule has 0 saturated carbocycles. The van der Waals surface area contributed by atoms with Gasteiger partial charge in [0.05, 0.1) is 0 Å². The van der Waals surface area contributed by atoms with Gasteiger partial charge in [-0.3, -0.25) is 0 Å². The Hall–Kier alpha value is -1.61. The van der Waals surface area contributed by atoms with Gasteiger partial charge in [0.2, 0.25) is 0 Å². The summed E-state index contributed by atoms with van der Waals surface area (Å²) in [5, 5.41) is 1.14. The van der Waals surface area contributed by atoms with Crippen molar-refractivity contribution in [1.82, 2.24) is 0 Å². The summed E-state index contributed by atoms with van der Waals surface area (Å²) in [6, 6.07) is 18.3. The van der Waals surface area contributed by atoms with Crippen LogP contribution in [0.3, 0.4) is 0 Å². The Morgan fingerprint density at radius 1 is 0.640 bits per heavy atom. The summed E-state index contributed by atoms with van der Waals surface area (Å²) in [6.45, 7) is 9.56. The highest BCUT2D eigenvalue weighted by molar-refractivity contribution is 8.34. The molecule has 2 aromatic carbocycles. The molecule has 0 N–H and O–H groups in total. The fraction of sp³-hybridized carbons (Fsp3) is 0.455. The lowest BCUT2D eigenvalue weighted by Crippen LogP contribution is -2.23. The van der Waals surface area contributed by atoms with E-state index in [1.54, 1.807) is 0 Å². The molecule has 0 aliphatic heterocycles. The maximum atomic E-state index is 2.40. The van der Waals surface area contributed by atoms with Crippen LogP contribution in [0.1, 0.15) is 27.7 Å². The van der Waals surface area contributed by atoms with Gasteiger partial charge in [-0.25, -0.2) is 0 Å². The molecule has 2 aromatic rings. The van der Waals surface area contributed by atoms with Crippen LogP contribution in [0.4, 0.5) is 11.4 Å². The van der Waals surface area contributed by atoms with Crippen LogP contribution in [-0.4, -0.2) is 38.7 Å². The van der Waals surface area contributed by atoms with Gasteiger partial charge in [-0.15, -0.1) is 0 Å². The largest absolute Gasteiger partial charge is 0.378 e. The predicted octanol–water partition coefficient (Wildman–Crippen LogP) is 5.86.